The average molecular weight is 319 g/mol. The molecule has 3 rings (SSSR count). The maximum atomic E-state index is 5.28. The van der Waals surface area contributed by atoms with Crippen LogP contribution in [-0.4, -0.2) is 21.2 Å². The van der Waals surface area contributed by atoms with Gasteiger partial charge in [0, 0.05) is 25.2 Å². The number of ether oxygens (including phenoxy) is 1. The Balaban J connectivity index is 2.00. The van der Waals surface area contributed by atoms with Crippen molar-refractivity contribution in [1.82, 2.24) is 0 Å². The Hall–Kier alpha value is -2.48. The SMILES string of the molecule is COc1ccc(C2=CC(C)(C)C=C2c2ccc(N(C)C)cc2)cc1. The predicted octanol–water partition coefficient (Wildman–Crippen LogP) is 5.27. The molecule has 2 nitrogen and oxygen atoms in total. The van der Waals surface area contributed by atoms with Crippen LogP contribution in [0.3, 0.4) is 0 Å². The first-order chi connectivity index (χ1) is 11.4. The highest BCUT2D eigenvalue weighted by molar-refractivity contribution is 6.07. The molecule has 1 aliphatic rings. The van der Waals surface area contributed by atoms with E-state index in [4.69, 9.17) is 4.74 Å². The maximum Gasteiger partial charge on any atom is 0.118 e. The van der Waals surface area contributed by atoms with E-state index in [1.807, 2.05) is 12.1 Å². The molecule has 2 aromatic rings. The van der Waals surface area contributed by atoms with E-state index < -0.39 is 0 Å². The molecule has 0 amide bonds. The first kappa shape index (κ1) is 16.4. The summed E-state index contributed by atoms with van der Waals surface area (Å²) in [5, 5.41) is 0. The largest absolute Gasteiger partial charge is 0.497 e. The van der Waals surface area contributed by atoms with Crippen LogP contribution in [-0.2, 0) is 0 Å². The Morgan fingerprint density at radius 2 is 1.21 bits per heavy atom. The fourth-order valence-corrected chi connectivity index (χ4v) is 3.13. The van der Waals surface area contributed by atoms with Crippen LogP contribution in [0.15, 0.2) is 60.7 Å². The lowest BCUT2D eigenvalue weighted by Crippen LogP contribution is -2.08. The van der Waals surface area contributed by atoms with Gasteiger partial charge >= 0.3 is 0 Å². The van der Waals surface area contributed by atoms with Gasteiger partial charge in [-0.15, -0.1) is 0 Å². The van der Waals surface area contributed by atoms with Crippen molar-refractivity contribution in [3.8, 4) is 5.75 Å². The lowest BCUT2D eigenvalue weighted by molar-refractivity contribution is 0.415. The normalized spacial score (nSPS) is 15.7. The van der Waals surface area contributed by atoms with Crippen LogP contribution in [0.1, 0.15) is 25.0 Å². The molecule has 0 heterocycles. The van der Waals surface area contributed by atoms with E-state index in [9.17, 15) is 0 Å². The molecule has 0 N–H and O–H groups in total. The van der Waals surface area contributed by atoms with Crippen molar-refractivity contribution in [1.29, 1.82) is 0 Å². The van der Waals surface area contributed by atoms with Crippen LogP contribution >= 0.6 is 0 Å². The van der Waals surface area contributed by atoms with Gasteiger partial charge in [0.15, 0.2) is 0 Å². The predicted molar refractivity (Wildman–Crippen MR) is 103 cm³/mol. The van der Waals surface area contributed by atoms with Crippen molar-refractivity contribution in [2.75, 3.05) is 26.1 Å². The molecule has 0 atom stereocenters. The van der Waals surface area contributed by atoms with Crippen molar-refractivity contribution in [2.45, 2.75) is 13.8 Å². The van der Waals surface area contributed by atoms with Crippen molar-refractivity contribution < 1.29 is 4.74 Å². The zero-order valence-corrected chi connectivity index (χ0v) is 15.1. The zero-order valence-electron chi connectivity index (χ0n) is 15.1. The summed E-state index contributed by atoms with van der Waals surface area (Å²) in [6.45, 7) is 4.50. The number of hydrogen-bond acceptors (Lipinski definition) is 2. The van der Waals surface area contributed by atoms with Gasteiger partial charge in [-0.1, -0.05) is 50.3 Å². The van der Waals surface area contributed by atoms with Crippen LogP contribution in [0.2, 0.25) is 0 Å². The highest BCUT2D eigenvalue weighted by atomic mass is 16.5. The highest BCUT2D eigenvalue weighted by Gasteiger charge is 2.25. The van der Waals surface area contributed by atoms with E-state index in [2.05, 4.69) is 81.4 Å². The molecule has 0 unspecified atom stereocenters. The third kappa shape index (κ3) is 3.23. The van der Waals surface area contributed by atoms with Gasteiger partial charge in [0.25, 0.3) is 0 Å². The number of anilines is 1. The first-order valence-electron chi connectivity index (χ1n) is 8.28. The molecule has 0 aromatic heterocycles. The third-order valence-corrected chi connectivity index (χ3v) is 4.42. The number of benzene rings is 2. The van der Waals surface area contributed by atoms with Crippen LogP contribution < -0.4 is 9.64 Å². The second-order valence-corrected chi connectivity index (χ2v) is 7.11. The van der Waals surface area contributed by atoms with Gasteiger partial charge in [-0.25, -0.2) is 0 Å². The van der Waals surface area contributed by atoms with E-state index in [-0.39, 0.29) is 5.41 Å². The second kappa shape index (κ2) is 6.20. The summed E-state index contributed by atoms with van der Waals surface area (Å²) in [7, 11) is 5.83. The Bertz CT molecular complexity index is 778. The molecule has 124 valence electrons. The minimum absolute atomic E-state index is 0.0603. The lowest BCUT2D eigenvalue weighted by atomic mass is 9.95. The summed E-state index contributed by atoms with van der Waals surface area (Å²) in [6.07, 6.45) is 4.71. The summed E-state index contributed by atoms with van der Waals surface area (Å²) >= 11 is 0. The van der Waals surface area contributed by atoms with Gasteiger partial charge in [0.1, 0.15) is 5.75 Å². The Labute approximate surface area is 145 Å². The number of nitrogens with zero attached hydrogens (tertiary/aromatic N) is 1. The molecular formula is C22H25NO. The molecule has 2 aromatic carbocycles. The number of hydrogen-bond donors (Lipinski definition) is 0. The van der Waals surface area contributed by atoms with E-state index in [0.29, 0.717) is 0 Å². The average Bonchev–Trinajstić information content (AvgIpc) is 2.91. The van der Waals surface area contributed by atoms with E-state index in [1.54, 1.807) is 7.11 Å². The molecule has 0 fully saturated rings. The van der Waals surface area contributed by atoms with Crippen molar-refractivity contribution in [3.63, 3.8) is 0 Å². The van der Waals surface area contributed by atoms with Crippen LogP contribution in [0.5, 0.6) is 5.75 Å². The minimum atomic E-state index is 0.0603. The summed E-state index contributed by atoms with van der Waals surface area (Å²) < 4.78 is 5.28. The van der Waals surface area contributed by atoms with Crippen LogP contribution in [0.4, 0.5) is 5.69 Å². The molecule has 1 aliphatic carbocycles. The smallest absolute Gasteiger partial charge is 0.118 e. The molecule has 24 heavy (non-hydrogen) atoms. The monoisotopic (exact) mass is 319 g/mol. The standard InChI is InChI=1S/C22H25NO/c1-22(2)14-20(16-6-10-18(11-7-16)23(3)4)21(15-22)17-8-12-19(24-5)13-9-17/h6-15H,1-5H3. The Morgan fingerprint density at radius 3 is 1.62 bits per heavy atom. The number of allylic oxidation sites excluding steroid dienone is 4. The Kier molecular flexibility index (Phi) is 4.23. The summed E-state index contributed by atoms with van der Waals surface area (Å²) in [6, 6.07) is 17.1. The van der Waals surface area contributed by atoms with Gasteiger partial charge in [-0.05, 0) is 46.5 Å². The zero-order chi connectivity index (χ0) is 17.3. The summed E-state index contributed by atoms with van der Waals surface area (Å²) in [5.41, 5.74) is 6.35. The molecular weight excluding hydrogens is 294 g/mol. The minimum Gasteiger partial charge on any atom is -0.497 e. The van der Waals surface area contributed by atoms with Crippen molar-refractivity contribution in [3.05, 3.63) is 71.8 Å². The van der Waals surface area contributed by atoms with Gasteiger partial charge in [0.2, 0.25) is 0 Å². The molecule has 0 aliphatic heterocycles. The fourth-order valence-electron chi connectivity index (χ4n) is 3.13. The van der Waals surface area contributed by atoms with Crippen LogP contribution in [0, 0.1) is 5.41 Å². The van der Waals surface area contributed by atoms with Gasteiger partial charge in [-0.2, -0.15) is 0 Å². The summed E-state index contributed by atoms with van der Waals surface area (Å²) in [4.78, 5) is 2.12. The second-order valence-electron chi connectivity index (χ2n) is 7.11. The van der Waals surface area contributed by atoms with E-state index >= 15 is 0 Å². The van der Waals surface area contributed by atoms with Gasteiger partial charge in [0.05, 0.1) is 7.11 Å². The first-order valence-corrected chi connectivity index (χ1v) is 8.28. The topological polar surface area (TPSA) is 12.5 Å². The van der Waals surface area contributed by atoms with Gasteiger partial charge in [-0.3, -0.25) is 0 Å². The number of methoxy groups -OCH3 is 1. The number of rotatable bonds is 4. The fraction of sp³-hybridized carbons (Fsp3) is 0.273. The molecule has 2 heteroatoms. The quantitative estimate of drug-likeness (QED) is 0.761. The Morgan fingerprint density at radius 1 is 0.750 bits per heavy atom. The van der Waals surface area contributed by atoms with Crippen LogP contribution in [0.25, 0.3) is 11.1 Å². The lowest BCUT2D eigenvalue weighted by Gasteiger charge is -2.14. The molecule has 0 radical (unpaired) electrons. The van der Waals surface area contributed by atoms with Crippen molar-refractivity contribution in [2.24, 2.45) is 5.41 Å². The molecule has 0 bridgehead atoms. The highest BCUT2D eigenvalue weighted by Crippen LogP contribution is 2.44. The van der Waals surface area contributed by atoms with Gasteiger partial charge < -0.3 is 9.64 Å². The molecule has 0 saturated carbocycles. The van der Waals surface area contributed by atoms with E-state index in [0.717, 1.165) is 5.75 Å². The maximum absolute atomic E-state index is 5.28. The molecule has 0 saturated heterocycles. The summed E-state index contributed by atoms with van der Waals surface area (Å²) in [5.74, 6) is 0.887. The third-order valence-electron chi connectivity index (χ3n) is 4.42. The van der Waals surface area contributed by atoms with E-state index in [1.165, 1.54) is 28.0 Å². The molecule has 0 spiro atoms. The van der Waals surface area contributed by atoms with Crippen molar-refractivity contribution >= 4 is 16.8 Å².